The zero-order valence-electron chi connectivity index (χ0n) is 10.6. The van der Waals surface area contributed by atoms with Crippen LogP contribution in [0, 0.1) is 11.7 Å². The summed E-state index contributed by atoms with van der Waals surface area (Å²) in [6.07, 6.45) is 1.96. The van der Waals surface area contributed by atoms with Crippen molar-refractivity contribution < 1.29 is 9.18 Å². The Hall–Kier alpha value is -1.42. The zero-order chi connectivity index (χ0) is 13.0. The van der Waals surface area contributed by atoms with Gasteiger partial charge < -0.3 is 10.6 Å². The van der Waals surface area contributed by atoms with Gasteiger partial charge in [-0.1, -0.05) is 25.1 Å². The molecule has 1 fully saturated rings. The molecule has 2 unspecified atom stereocenters. The first-order chi connectivity index (χ1) is 8.66. The van der Waals surface area contributed by atoms with Crippen molar-refractivity contribution in [1.29, 1.82) is 0 Å². The standard InChI is InChI=1S/C14H19FN2O/c1-10-6-7-16-13(8-10)14(18)17-9-11-4-2-3-5-12(11)15/h2-5,10,13,16H,6-9H2,1H3,(H,17,18). The van der Waals surface area contributed by atoms with Crippen LogP contribution >= 0.6 is 0 Å². The van der Waals surface area contributed by atoms with Crippen LogP contribution in [0.25, 0.3) is 0 Å². The van der Waals surface area contributed by atoms with Crippen molar-refractivity contribution in [2.45, 2.75) is 32.4 Å². The van der Waals surface area contributed by atoms with E-state index in [-0.39, 0.29) is 24.3 Å². The molecule has 1 aromatic carbocycles. The van der Waals surface area contributed by atoms with Crippen LogP contribution in [-0.4, -0.2) is 18.5 Å². The molecule has 0 bridgehead atoms. The van der Waals surface area contributed by atoms with Crippen LogP contribution < -0.4 is 10.6 Å². The van der Waals surface area contributed by atoms with Crippen LogP contribution in [0.5, 0.6) is 0 Å². The van der Waals surface area contributed by atoms with Gasteiger partial charge in [0.05, 0.1) is 6.04 Å². The largest absolute Gasteiger partial charge is 0.351 e. The second-order valence-corrected chi connectivity index (χ2v) is 4.95. The Kier molecular flexibility index (Phi) is 4.31. The maximum Gasteiger partial charge on any atom is 0.237 e. The van der Waals surface area contributed by atoms with Gasteiger partial charge >= 0.3 is 0 Å². The molecule has 1 amide bonds. The van der Waals surface area contributed by atoms with E-state index < -0.39 is 0 Å². The molecule has 3 nitrogen and oxygen atoms in total. The number of carbonyl (C=O) groups excluding carboxylic acids is 1. The summed E-state index contributed by atoms with van der Waals surface area (Å²) in [5.74, 6) is 0.253. The van der Waals surface area contributed by atoms with E-state index in [1.165, 1.54) is 6.07 Å². The molecule has 2 rings (SSSR count). The molecule has 1 heterocycles. The van der Waals surface area contributed by atoms with Crippen molar-refractivity contribution in [3.05, 3.63) is 35.6 Å². The van der Waals surface area contributed by atoms with Crippen molar-refractivity contribution >= 4 is 5.91 Å². The molecule has 1 aliphatic heterocycles. The predicted octanol–water partition coefficient (Wildman–Crippen LogP) is 1.83. The van der Waals surface area contributed by atoms with Gasteiger partial charge in [0.2, 0.25) is 5.91 Å². The molecule has 0 spiro atoms. The lowest BCUT2D eigenvalue weighted by molar-refractivity contribution is -0.124. The first kappa shape index (κ1) is 13.0. The SMILES string of the molecule is CC1CCNC(C(=O)NCc2ccccc2F)C1. The third kappa shape index (κ3) is 3.29. The normalized spacial score (nSPS) is 23.7. The number of nitrogens with one attached hydrogen (secondary N) is 2. The van der Waals surface area contributed by atoms with Crippen molar-refractivity contribution in [2.24, 2.45) is 5.92 Å². The summed E-state index contributed by atoms with van der Waals surface area (Å²) in [6.45, 7) is 3.27. The van der Waals surface area contributed by atoms with Crippen molar-refractivity contribution in [2.75, 3.05) is 6.54 Å². The molecule has 1 aliphatic rings. The summed E-state index contributed by atoms with van der Waals surface area (Å²) in [7, 11) is 0. The molecule has 1 saturated heterocycles. The van der Waals surface area contributed by atoms with E-state index >= 15 is 0 Å². The highest BCUT2D eigenvalue weighted by Crippen LogP contribution is 2.15. The molecule has 18 heavy (non-hydrogen) atoms. The molecule has 4 heteroatoms. The van der Waals surface area contributed by atoms with Gasteiger partial charge in [0.15, 0.2) is 0 Å². The number of piperidine rings is 1. The quantitative estimate of drug-likeness (QED) is 0.859. The third-order valence-electron chi connectivity index (χ3n) is 3.39. The van der Waals surface area contributed by atoms with Gasteiger partial charge in [-0.05, 0) is 31.4 Å². The predicted molar refractivity (Wildman–Crippen MR) is 68.4 cm³/mol. The highest BCUT2D eigenvalue weighted by atomic mass is 19.1. The van der Waals surface area contributed by atoms with Gasteiger partial charge in [-0.25, -0.2) is 4.39 Å². The number of amides is 1. The number of hydrogen-bond acceptors (Lipinski definition) is 2. The topological polar surface area (TPSA) is 41.1 Å². The van der Waals surface area contributed by atoms with E-state index in [4.69, 9.17) is 0 Å². The summed E-state index contributed by atoms with van der Waals surface area (Å²) in [4.78, 5) is 11.9. The molecule has 2 atom stereocenters. The second-order valence-electron chi connectivity index (χ2n) is 4.95. The molecule has 0 aromatic heterocycles. The van der Waals surface area contributed by atoms with Crippen LogP contribution in [0.15, 0.2) is 24.3 Å². The third-order valence-corrected chi connectivity index (χ3v) is 3.39. The van der Waals surface area contributed by atoms with E-state index in [1.807, 2.05) is 0 Å². The number of rotatable bonds is 3. The van der Waals surface area contributed by atoms with Crippen LogP contribution in [0.1, 0.15) is 25.3 Å². The van der Waals surface area contributed by atoms with Gasteiger partial charge in [-0.2, -0.15) is 0 Å². The first-order valence-corrected chi connectivity index (χ1v) is 6.41. The van der Waals surface area contributed by atoms with E-state index in [9.17, 15) is 9.18 Å². The van der Waals surface area contributed by atoms with E-state index in [2.05, 4.69) is 17.6 Å². The smallest absolute Gasteiger partial charge is 0.237 e. The van der Waals surface area contributed by atoms with Gasteiger partial charge in [0.25, 0.3) is 0 Å². The lowest BCUT2D eigenvalue weighted by Gasteiger charge is -2.27. The summed E-state index contributed by atoms with van der Waals surface area (Å²) < 4.78 is 13.4. The fraction of sp³-hybridized carbons (Fsp3) is 0.500. The lowest BCUT2D eigenvalue weighted by Crippen LogP contribution is -2.48. The van der Waals surface area contributed by atoms with Gasteiger partial charge in [-0.15, -0.1) is 0 Å². The molecule has 0 saturated carbocycles. The van der Waals surface area contributed by atoms with E-state index in [1.54, 1.807) is 18.2 Å². The maximum atomic E-state index is 13.4. The number of benzene rings is 1. The number of hydrogen-bond donors (Lipinski definition) is 2. The second kappa shape index (κ2) is 5.96. The van der Waals surface area contributed by atoms with Crippen LogP contribution in [0.2, 0.25) is 0 Å². The Morgan fingerprint density at radius 1 is 1.50 bits per heavy atom. The van der Waals surface area contributed by atoms with E-state index in [0.29, 0.717) is 11.5 Å². The van der Waals surface area contributed by atoms with Crippen molar-refractivity contribution in [1.82, 2.24) is 10.6 Å². The van der Waals surface area contributed by atoms with Crippen LogP contribution in [0.4, 0.5) is 4.39 Å². The van der Waals surface area contributed by atoms with Gasteiger partial charge in [-0.3, -0.25) is 4.79 Å². The maximum absolute atomic E-state index is 13.4. The summed E-state index contributed by atoms with van der Waals surface area (Å²) in [5, 5.41) is 5.98. The average Bonchev–Trinajstić information content (AvgIpc) is 2.37. The zero-order valence-corrected chi connectivity index (χ0v) is 10.6. The first-order valence-electron chi connectivity index (χ1n) is 6.41. The monoisotopic (exact) mass is 250 g/mol. The van der Waals surface area contributed by atoms with Gasteiger partial charge in [0, 0.05) is 12.1 Å². The molecular weight excluding hydrogens is 231 g/mol. The summed E-state index contributed by atoms with van der Waals surface area (Å²) >= 11 is 0. The summed E-state index contributed by atoms with van der Waals surface area (Å²) in [5.41, 5.74) is 0.523. The minimum atomic E-state index is -0.275. The van der Waals surface area contributed by atoms with Crippen molar-refractivity contribution in [3.63, 3.8) is 0 Å². The fourth-order valence-corrected chi connectivity index (χ4v) is 2.25. The average molecular weight is 250 g/mol. The Morgan fingerprint density at radius 3 is 3.00 bits per heavy atom. The Labute approximate surface area is 107 Å². The lowest BCUT2D eigenvalue weighted by atomic mass is 9.94. The molecule has 0 radical (unpaired) electrons. The molecule has 2 N–H and O–H groups in total. The molecule has 98 valence electrons. The highest BCUT2D eigenvalue weighted by molar-refractivity contribution is 5.81. The minimum Gasteiger partial charge on any atom is -0.351 e. The number of carbonyl (C=O) groups is 1. The fourth-order valence-electron chi connectivity index (χ4n) is 2.25. The van der Waals surface area contributed by atoms with Crippen molar-refractivity contribution in [3.8, 4) is 0 Å². The Bertz CT molecular complexity index is 422. The molecule has 1 aromatic rings. The molecular formula is C14H19FN2O. The molecule has 0 aliphatic carbocycles. The van der Waals surface area contributed by atoms with Crippen LogP contribution in [-0.2, 0) is 11.3 Å². The minimum absolute atomic E-state index is 0.0372. The number of halogens is 1. The highest BCUT2D eigenvalue weighted by Gasteiger charge is 2.24. The summed E-state index contributed by atoms with van der Waals surface area (Å²) in [6, 6.07) is 6.37. The van der Waals surface area contributed by atoms with E-state index in [0.717, 1.165) is 19.4 Å². The van der Waals surface area contributed by atoms with Crippen LogP contribution in [0.3, 0.4) is 0 Å². The Morgan fingerprint density at radius 2 is 2.28 bits per heavy atom. The Balaban J connectivity index is 1.86. The van der Waals surface area contributed by atoms with Gasteiger partial charge in [0.1, 0.15) is 5.82 Å².